The van der Waals surface area contributed by atoms with Crippen molar-refractivity contribution in [1.82, 2.24) is 0 Å². The summed E-state index contributed by atoms with van der Waals surface area (Å²) in [7, 11) is 0. The molecule has 1 aliphatic heterocycles. The first kappa shape index (κ1) is 18.8. The molecule has 142 valence electrons. The number of hydrogen-bond donors (Lipinski definition) is 0. The first-order valence-corrected chi connectivity index (χ1v) is 10.2. The van der Waals surface area contributed by atoms with Crippen LogP contribution in [0.4, 0.5) is 10.1 Å². The maximum absolute atomic E-state index is 13.4. The summed E-state index contributed by atoms with van der Waals surface area (Å²) in [5.41, 5.74) is 2.45. The van der Waals surface area contributed by atoms with Crippen molar-refractivity contribution in [1.29, 1.82) is 0 Å². The summed E-state index contributed by atoms with van der Waals surface area (Å²) in [6.45, 7) is 0.251. The number of thioether (sulfide) groups is 1. The summed E-state index contributed by atoms with van der Waals surface area (Å²) in [5.74, 6) is 0.821. The molecule has 3 aromatic carbocycles. The first-order chi connectivity index (χ1) is 13.6. The van der Waals surface area contributed by atoms with E-state index in [-0.39, 0.29) is 23.7 Å². The van der Waals surface area contributed by atoms with Gasteiger partial charge in [0.2, 0.25) is 5.91 Å². The highest BCUT2D eigenvalue weighted by Crippen LogP contribution is 2.45. The Morgan fingerprint density at radius 2 is 1.86 bits per heavy atom. The van der Waals surface area contributed by atoms with Crippen molar-refractivity contribution in [3.63, 3.8) is 0 Å². The third-order valence-electron chi connectivity index (χ3n) is 4.44. The van der Waals surface area contributed by atoms with Gasteiger partial charge in [0.1, 0.15) is 23.5 Å². The molecule has 1 fully saturated rings. The molecule has 1 saturated heterocycles. The van der Waals surface area contributed by atoms with Crippen LogP contribution in [-0.4, -0.2) is 11.7 Å². The molecule has 4 rings (SSSR count). The average Bonchev–Trinajstić information content (AvgIpc) is 3.09. The number of anilines is 1. The van der Waals surface area contributed by atoms with Crippen LogP contribution < -0.4 is 9.64 Å². The Bertz CT molecular complexity index is 996. The number of benzene rings is 3. The lowest BCUT2D eigenvalue weighted by atomic mass is 10.1. The van der Waals surface area contributed by atoms with Crippen LogP contribution in [0.25, 0.3) is 0 Å². The molecule has 3 aromatic rings. The molecule has 28 heavy (non-hydrogen) atoms. The molecule has 3 nitrogen and oxygen atoms in total. The van der Waals surface area contributed by atoms with Crippen LogP contribution in [0.15, 0.2) is 72.8 Å². The highest BCUT2D eigenvalue weighted by molar-refractivity contribution is 8.00. The maximum Gasteiger partial charge on any atom is 0.238 e. The number of para-hydroxylation sites is 1. The lowest BCUT2D eigenvalue weighted by molar-refractivity contribution is -0.115. The predicted molar refractivity (Wildman–Crippen MR) is 111 cm³/mol. The van der Waals surface area contributed by atoms with E-state index in [0.717, 1.165) is 16.8 Å². The quantitative estimate of drug-likeness (QED) is 0.526. The number of hydrogen-bond acceptors (Lipinski definition) is 3. The third kappa shape index (κ3) is 4.01. The molecule has 0 spiro atoms. The molecular formula is C22H17ClFNO2S. The number of carbonyl (C=O) groups excluding carboxylic acids is 1. The third-order valence-corrected chi connectivity index (χ3v) is 5.89. The molecule has 1 atom stereocenters. The Balaban J connectivity index is 1.61. The monoisotopic (exact) mass is 413 g/mol. The number of amides is 1. The number of halogens is 2. The lowest BCUT2D eigenvalue weighted by Gasteiger charge is -2.26. The van der Waals surface area contributed by atoms with Gasteiger partial charge in [-0.1, -0.05) is 41.9 Å². The van der Waals surface area contributed by atoms with Gasteiger partial charge < -0.3 is 4.74 Å². The fourth-order valence-electron chi connectivity index (χ4n) is 3.14. The van der Waals surface area contributed by atoms with E-state index >= 15 is 0 Å². The molecule has 0 aliphatic carbocycles. The Hall–Kier alpha value is -2.50. The zero-order valence-electron chi connectivity index (χ0n) is 14.8. The Morgan fingerprint density at radius 1 is 1.07 bits per heavy atom. The van der Waals surface area contributed by atoms with Gasteiger partial charge in [0.15, 0.2) is 0 Å². The predicted octanol–water partition coefficient (Wildman–Crippen LogP) is 5.84. The second-order valence-corrected chi connectivity index (χ2v) is 7.86. The molecular weight excluding hydrogens is 397 g/mol. The van der Waals surface area contributed by atoms with Crippen molar-refractivity contribution in [2.45, 2.75) is 12.0 Å². The van der Waals surface area contributed by atoms with Crippen molar-refractivity contribution in [2.75, 3.05) is 10.7 Å². The fraction of sp³-hybridized carbons (Fsp3) is 0.136. The van der Waals surface area contributed by atoms with E-state index < -0.39 is 0 Å². The normalized spacial score (nSPS) is 16.4. The second-order valence-electron chi connectivity index (χ2n) is 6.36. The maximum atomic E-state index is 13.4. The molecule has 1 heterocycles. The molecule has 6 heteroatoms. The Morgan fingerprint density at radius 3 is 2.64 bits per heavy atom. The van der Waals surface area contributed by atoms with Crippen molar-refractivity contribution < 1.29 is 13.9 Å². The molecule has 1 aliphatic rings. The van der Waals surface area contributed by atoms with Crippen LogP contribution in [0.5, 0.6) is 5.75 Å². The van der Waals surface area contributed by atoms with Gasteiger partial charge in [0, 0.05) is 16.3 Å². The molecule has 0 N–H and O–H groups in total. The summed E-state index contributed by atoms with van der Waals surface area (Å²) in [6, 6.07) is 21.2. The van der Waals surface area contributed by atoms with E-state index in [9.17, 15) is 9.18 Å². The molecule has 0 radical (unpaired) electrons. The van der Waals surface area contributed by atoms with Crippen molar-refractivity contribution in [3.8, 4) is 5.75 Å². The minimum Gasteiger partial charge on any atom is -0.489 e. The van der Waals surface area contributed by atoms with E-state index in [1.54, 1.807) is 34.9 Å². The summed E-state index contributed by atoms with van der Waals surface area (Å²) in [5, 5.41) is 0.427. The van der Waals surface area contributed by atoms with Crippen LogP contribution in [-0.2, 0) is 11.4 Å². The van der Waals surface area contributed by atoms with Gasteiger partial charge in [0.05, 0.1) is 5.75 Å². The summed E-state index contributed by atoms with van der Waals surface area (Å²) < 4.78 is 19.4. The lowest BCUT2D eigenvalue weighted by Crippen LogP contribution is -2.28. The van der Waals surface area contributed by atoms with E-state index in [1.807, 2.05) is 42.5 Å². The molecule has 0 saturated carbocycles. The van der Waals surface area contributed by atoms with E-state index in [0.29, 0.717) is 16.5 Å². The smallest absolute Gasteiger partial charge is 0.238 e. The summed E-state index contributed by atoms with van der Waals surface area (Å²) >= 11 is 7.54. The van der Waals surface area contributed by atoms with Gasteiger partial charge in [-0.05, 0) is 48.0 Å². The zero-order valence-corrected chi connectivity index (χ0v) is 16.4. The van der Waals surface area contributed by atoms with E-state index in [1.165, 1.54) is 12.1 Å². The van der Waals surface area contributed by atoms with Gasteiger partial charge >= 0.3 is 0 Å². The van der Waals surface area contributed by atoms with Crippen LogP contribution in [0.2, 0.25) is 5.02 Å². The topological polar surface area (TPSA) is 29.5 Å². The summed E-state index contributed by atoms with van der Waals surface area (Å²) in [6.07, 6.45) is 0. The molecule has 0 bridgehead atoms. The summed E-state index contributed by atoms with van der Waals surface area (Å²) in [4.78, 5) is 14.3. The minimum atomic E-state index is -0.291. The van der Waals surface area contributed by atoms with Crippen LogP contribution in [0.3, 0.4) is 0 Å². The van der Waals surface area contributed by atoms with Gasteiger partial charge in [-0.2, -0.15) is 0 Å². The molecule has 0 unspecified atom stereocenters. The highest BCUT2D eigenvalue weighted by atomic mass is 35.5. The zero-order chi connectivity index (χ0) is 19.5. The van der Waals surface area contributed by atoms with Gasteiger partial charge in [-0.25, -0.2) is 4.39 Å². The van der Waals surface area contributed by atoms with Gasteiger partial charge in [0.25, 0.3) is 0 Å². The Kier molecular flexibility index (Phi) is 5.55. The number of rotatable bonds is 5. The number of carbonyl (C=O) groups is 1. The van der Waals surface area contributed by atoms with Crippen LogP contribution in [0.1, 0.15) is 16.5 Å². The largest absolute Gasteiger partial charge is 0.489 e. The van der Waals surface area contributed by atoms with Crippen molar-refractivity contribution in [3.05, 3.63) is 94.8 Å². The SMILES string of the molecule is O=C1CS[C@@H](c2ccccc2OCc2cccc(F)c2)N1c1ccc(Cl)cc1. The van der Waals surface area contributed by atoms with Crippen molar-refractivity contribution >= 4 is 35.0 Å². The average molecular weight is 414 g/mol. The Labute approximate surface area is 172 Å². The standard InChI is InChI=1S/C22H17ClFNO2S/c23-16-8-10-18(11-9-16)25-21(26)14-28-22(25)19-6-1-2-7-20(19)27-13-15-4-3-5-17(24)12-15/h1-12,22H,13-14H2/t22-/m0/s1. The highest BCUT2D eigenvalue weighted by Gasteiger charge is 2.35. The first-order valence-electron chi connectivity index (χ1n) is 8.77. The van der Waals surface area contributed by atoms with E-state index in [2.05, 4.69) is 0 Å². The molecule has 1 amide bonds. The number of ether oxygens (including phenoxy) is 1. The fourth-order valence-corrected chi connectivity index (χ4v) is 4.47. The second kappa shape index (κ2) is 8.25. The van der Waals surface area contributed by atoms with Gasteiger partial charge in [-0.15, -0.1) is 11.8 Å². The van der Waals surface area contributed by atoms with Crippen LogP contribution in [0, 0.1) is 5.82 Å². The minimum absolute atomic E-state index is 0.0391. The van der Waals surface area contributed by atoms with Crippen molar-refractivity contribution in [2.24, 2.45) is 0 Å². The van der Waals surface area contributed by atoms with Crippen LogP contribution >= 0.6 is 23.4 Å². The van der Waals surface area contributed by atoms with Gasteiger partial charge in [-0.3, -0.25) is 9.69 Å². The number of nitrogens with zero attached hydrogens (tertiary/aromatic N) is 1. The van der Waals surface area contributed by atoms with E-state index in [4.69, 9.17) is 16.3 Å². The molecule has 0 aromatic heterocycles.